The van der Waals surface area contributed by atoms with Gasteiger partial charge in [-0.2, -0.15) is 0 Å². The highest BCUT2D eigenvalue weighted by molar-refractivity contribution is 9.10. The van der Waals surface area contributed by atoms with Crippen LogP contribution >= 0.6 is 15.9 Å². The van der Waals surface area contributed by atoms with Crippen molar-refractivity contribution in [2.75, 3.05) is 32.1 Å². The molecule has 1 aliphatic carbocycles. The quantitative estimate of drug-likeness (QED) is 0.882. The van der Waals surface area contributed by atoms with E-state index in [-0.39, 0.29) is 0 Å². The van der Waals surface area contributed by atoms with E-state index >= 15 is 0 Å². The minimum absolute atomic E-state index is 0.713. The normalized spacial score (nSPS) is 20.3. The van der Waals surface area contributed by atoms with Gasteiger partial charge < -0.3 is 15.1 Å². The van der Waals surface area contributed by atoms with E-state index in [1.165, 1.54) is 37.1 Å². The lowest BCUT2D eigenvalue weighted by atomic mass is 10.0. The lowest BCUT2D eigenvalue weighted by molar-refractivity contribution is 0.249. The van der Waals surface area contributed by atoms with Crippen molar-refractivity contribution >= 4 is 21.7 Å². The van der Waals surface area contributed by atoms with Crippen LogP contribution in [0, 0.1) is 0 Å². The van der Waals surface area contributed by atoms with E-state index in [9.17, 15) is 0 Å². The van der Waals surface area contributed by atoms with Crippen LogP contribution in [-0.4, -0.2) is 49.2 Å². The number of aromatic nitrogens is 1. The third-order valence-corrected chi connectivity index (χ3v) is 5.00. The van der Waals surface area contributed by atoms with E-state index in [0.29, 0.717) is 6.04 Å². The molecule has 5 heteroatoms. The van der Waals surface area contributed by atoms with Crippen LogP contribution in [0.4, 0.5) is 5.82 Å². The van der Waals surface area contributed by atoms with Crippen LogP contribution < -0.4 is 10.2 Å². The number of nitrogens with one attached hydrogen (secondary N) is 1. The zero-order chi connectivity index (χ0) is 14.8. The molecule has 0 bridgehead atoms. The molecule has 0 spiro atoms. The van der Waals surface area contributed by atoms with Gasteiger partial charge in [0, 0.05) is 48.0 Å². The Morgan fingerprint density at radius 2 is 2.00 bits per heavy atom. The molecule has 2 fully saturated rings. The molecule has 0 unspecified atom stereocenters. The first-order chi connectivity index (χ1) is 10.1. The van der Waals surface area contributed by atoms with Crippen molar-refractivity contribution in [2.24, 2.45) is 0 Å². The summed E-state index contributed by atoms with van der Waals surface area (Å²) < 4.78 is 1.07. The number of hydrogen-bond donors (Lipinski definition) is 1. The van der Waals surface area contributed by atoms with Gasteiger partial charge in [0.1, 0.15) is 5.82 Å². The van der Waals surface area contributed by atoms with Crippen LogP contribution in [0.5, 0.6) is 0 Å². The first-order valence-corrected chi connectivity index (χ1v) is 8.72. The molecule has 2 heterocycles. The Kier molecular flexibility index (Phi) is 4.82. The Bertz CT molecular complexity index is 479. The number of hydrogen-bond acceptors (Lipinski definition) is 4. The van der Waals surface area contributed by atoms with Gasteiger partial charge in [0.05, 0.1) is 0 Å². The minimum atomic E-state index is 0.713. The molecule has 1 saturated heterocycles. The Morgan fingerprint density at radius 1 is 1.29 bits per heavy atom. The van der Waals surface area contributed by atoms with E-state index in [2.05, 4.69) is 51.2 Å². The Morgan fingerprint density at radius 3 is 2.62 bits per heavy atom. The number of anilines is 1. The van der Waals surface area contributed by atoms with E-state index in [1.807, 2.05) is 6.20 Å². The molecule has 3 rings (SSSR count). The van der Waals surface area contributed by atoms with Crippen LogP contribution in [0.25, 0.3) is 0 Å². The molecule has 0 amide bonds. The highest BCUT2D eigenvalue weighted by atomic mass is 79.9. The maximum Gasteiger partial charge on any atom is 0.133 e. The number of rotatable bonds is 5. The molecule has 2 aliphatic rings. The van der Waals surface area contributed by atoms with Gasteiger partial charge in [-0.3, -0.25) is 0 Å². The minimum Gasteiger partial charge on any atom is -0.356 e. The van der Waals surface area contributed by atoms with Crippen molar-refractivity contribution in [1.82, 2.24) is 15.2 Å². The predicted octanol–water partition coefficient (Wildman–Crippen LogP) is 2.63. The van der Waals surface area contributed by atoms with Crippen molar-refractivity contribution in [1.29, 1.82) is 0 Å². The summed E-state index contributed by atoms with van der Waals surface area (Å²) in [5.74, 6) is 1.17. The number of pyridine rings is 1. The van der Waals surface area contributed by atoms with Crippen molar-refractivity contribution in [3.05, 3.63) is 22.3 Å². The maximum absolute atomic E-state index is 4.70. The summed E-state index contributed by atoms with van der Waals surface area (Å²) in [7, 11) is 4.37. The van der Waals surface area contributed by atoms with Gasteiger partial charge in [-0.15, -0.1) is 0 Å². The zero-order valence-electron chi connectivity index (χ0n) is 13.0. The van der Waals surface area contributed by atoms with E-state index < -0.39 is 0 Å². The largest absolute Gasteiger partial charge is 0.356 e. The molecule has 1 N–H and O–H groups in total. The van der Waals surface area contributed by atoms with E-state index in [1.54, 1.807) is 0 Å². The molecule has 21 heavy (non-hydrogen) atoms. The van der Waals surface area contributed by atoms with Crippen molar-refractivity contribution < 1.29 is 0 Å². The van der Waals surface area contributed by atoms with Crippen LogP contribution in [0.3, 0.4) is 0 Å². The highest BCUT2D eigenvalue weighted by Crippen LogP contribution is 2.27. The van der Waals surface area contributed by atoms with Crippen LogP contribution in [0.2, 0.25) is 0 Å². The molecule has 0 radical (unpaired) electrons. The molecular formula is C16H25BrN4. The summed E-state index contributed by atoms with van der Waals surface area (Å²) in [6.07, 6.45) is 7.02. The first kappa shape index (κ1) is 15.3. The van der Waals surface area contributed by atoms with Gasteiger partial charge in [0.25, 0.3) is 0 Å². The second-order valence-electron chi connectivity index (χ2n) is 6.47. The summed E-state index contributed by atoms with van der Waals surface area (Å²) in [6, 6.07) is 3.66. The third-order valence-electron chi connectivity index (χ3n) is 4.56. The van der Waals surface area contributed by atoms with Gasteiger partial charge in [-0.1, -0.05) is 0 Å². The SMILES string of the molecule is CN(C)C1CCN(c2ncc(Br)cc2CNC2CC2)CC1. The number of halogens is 1. The lowest BCUT2D eigenvalue weighted by Gasteiger charge is -2.36. The Hall–Kier alpha value is -0.650. The predicted molar refractivity (Wildman–Crippen MR) is 90.7 cm³/mol. The standard InChI is InChI=1S/C16H25BrN4/c1-20(2)15-5-7-21(8-6-15)16-12(9-13(17)11-19-16)10-18-14-3-4-14/h9,11,14-15,18H,3-8,10H2,1-2H3. The summed E-state index contributed by atoms with van der Waals surface area (Å²) in [6.45, 7) is 3.14. The monoisotopic (exact) mass is 352 g/mol. The van der Waals surface area contributed by atoms with Gasteiger partial charge in [-0.05, 0) is 61.8 Å². The molecule has 1 aromatic rings. The lowest BCUT2D eigenvalue weighted by Crippen LogP contribution is -2.42. The first-order valence-electron chi connectivity index (χ1n) is 7.92. The molecule has 116 valence electrons. The topological polar surface area (TPSA) is 31.4 Å². The fourth-order valence-corrected chi connectivity index (χ4v) is 3.40. The Labute approximate surface area is 136 Å². The van der Waals surface area contributed by atoms with Crippen molar-refractivity contribution in [3.8, 4) is 0 Å². The average molecular weight is 353 g/mol. The second kappa shape index (κ2) is 6.63. The highest BCUT2D eigenvalue weighted by Gasteiger charge is 2.24. The van der Waals surface area contributed by atoms with Crippen LogP contribution in [-0.2, 0) is 6.54 Å². The molecule has 1 aromatic heterocycles. The molecule has 0 aromatic carbocycles. The van der Waals surface area contributed by atoms with Gasteiger partial charge in [0.2, 0.25) is 0 Å². The van der Waals surface area contributed by atoms with Crippen LogP contribution in [0.15, 0.2) is 16.7 Å². The summed E-state index contributed by atoms with van der Waals surface area (Å²) in [5.41, 5.74) is 1.32. The van der Waals surface area contributed by atoms with Crippen molar-refractivity contribution in [3.63, 3.8) is 0 Å². The van der Waals surface area contributed by atoms with E-state index in [4.69, 9.17) is 4.98 Å². The average Bonchev–Trinajstić information content (AvgIpc) is 3.29. The van der Waals surface area contributed by atoms with Gasteiger partial charge >= 0.3 is 0 Å². The maximum atomic E-state index is 4.70. The summed E-state index contributed by atoms with van der Waals surface area (Å²) >= 11 is 3.56. The molecule has 1 saturated carbocycles. The fraction of sp³-hybridized carbons (Fsp3) is 0.688. The van der Waals surface area contributed by atoms with Crippen molar-refractivity contribution in [2.45, 2.75) is 44.3 Å². The third kappa shape index (κ3) is 3.96. The van der Waals surface area contributed by atoms with Gasteiger partial charge in [-0.25, -0.2) is 4.98 Å². The Balaban J connectivity index is 1.68. The van der Waals surface area contributed by atoms with Crippen LogP contribution in [0.1, 0.15) is 31.2 Å². The summed E-state index contributed by atoms with van der Waals surface area (Å²) in [4.78, 5) is 9.50. The molecule has 1 aliphatic heterocycles. The number of piperidine rings is 1. The number of nitrogens with zero attached hydrogens (tertiary/aromatic N) is 3. The molecule has 4 nitrogen and oxygen atoms in total. The zero-order valence-corrected chi connectivity index (χ0v) is 14.6. The molecule has 0 atom stereocenters. The fourth-order valence-electron chi connectivity index (χ4n) is 3.02. The smallest absolute Gasteiger partial charge is 0.133 e. The van der Waals surface area contributed by atoms with E-state index in [0.717, 1.165) is 30.1 Å². The second-order valence-corrected chi connectivity index (χ2v) is 7.39. The van der Waals surface area contributed by atoms with Gasteiger partial charge in [0.15, 0.2) is 0 Å². The molecular weight excluding hydrogens is 328 g/mol. The summed E-state index contributed by atoms with van der Waals surface area (Å²) in [5, 5.41) is 3.61.